The first kappa shape index (κ1) is 34.6. The second-order valence-electron chi connectivity index (χ2n) is 15.5. The van der Waals surface area contributed by atoms with Crippen LogP contribution in [0.4, 0.5) is 0 Å². The number of nitrogens with zero attached hydrogens (tertiary/aromatic N) is 2. The van der Waals surface area contributed by atoms with E-state index in [9.17, 15) is 14.7 Å². The van der Waals surface area contributed by atoms with Crippen LogP contribution in [0.15, 0.2) is 127 Å². The molecule has 8 heteroatoms. The van der Waals surface area contributed by atoms with Gasteiger partial charge in [-0.2, -0.15) is 0 Å². The lowest BCUT2D eigenvalue weighted by Crippen LogP contribution is -2.59. The Morgan fingerprint density at radius 2 is 1.44 bits per heavy atom. The Labute approximate surface area is 319 Å². The number of benzene rings is 4. The number of amides is 2. The summed E-state index contributed by atoms with van der Waals surface area (Å²) in [5.41, 5.74) is 2.71. The molecule has 7 nitrogen and oxygen atoms in total. The van der Waals surface area contributed by atoms with Crippen molar-refractivity contribution in [3.8, 4) is 5.75 Å². The molecule has 2 aliphatic heterocycles. The van der Waals surface area contributed by atoms with E-state index in [1.807, 2.05) is 84.9 Å². The summed E-state index contributed by atoms with van der Waals surface area (Å²) in [6.45, 7) is 2.38. The number of allylic oxidation sites excluding steroid dienone is 4. The molecule has 3 aliphatic carbocycles. The predicted molar refractivity (Wildman–Crippen MR) is 206 cm³/mol. The number of halogens is 1. The second-order valence-corrected chi connectivity index (χ2v) is 16.0. The lowest BCUT2D eigenvalue weighted by Gasteiger charge is -2.55. The summed E-state index contributed by atoms with van der Waals surface area (Å²) in [5.74, 6) is -4.20. The number of piperidine rings is 1. The first-order valence-corrected chi connectivity index (χ1v) is 19.4. The van der Waals surface area contributed by atoms with Crippen molar-refractivity contribution in [1.29, 1.82) is 0 Å². The number of phenolic OH excluding ortho intramolecular Hbond substituents is 1. The van der Waals surface area contributed by atoms with Gasteiger partial charge in [0.25, 0.3) is 0 Å². The number of carbonyl (C=O) groups is 4. The highest BCUT2D eigenvalue weighted by atomic mass is 35.5. The van der Waals surface area contributed by atoms with Crippen molar-refractivity contribution in [2.45, 2.75) is 49.6 Å². The summed E-state index contributed by atoms with van der Waals surface area (Å²) in [7, 11) is 0. The van der Waals surface area contributed by atoms with Gasteiger partial charge in [-0.1, -0.05) is 114 Å². The smallest absolute Gasteiger partial charge is 0.233 e. The number of aromatic hydroxyl groups is 1. The molecule has 272 valence electrons. The zero-order chi connectivity index (χ0) is 37.1. The zero-order valence-electron chi connectivity index (χ0n) is 29.8. The van der Waals surface area contributed by atoms with Crippen LogP contribution < -0.4 is 0 Å². The van der Waals surface area contributed by atoms with Crippen molar-refractivity contribution in [3.63, 3.8) is 0 Å². The fourth-order valence-corrected chi connectivity index (χ4v) is 10.7. The van der Waals surface area contributed by atoms with Crippen LogP contribution in [-0.4, -0.2) is 57.4 Å². The largest absolute Gasteiger partial charge is 0.508 e. The molecule has 3 fully saturated rings. The van der Waals surface area contributed by atoms with E-state index in [1.165, 1.54) is 17.7 Å². The van der Waals surface area contributed by atoms with Gasteiger partial charge in [0.05, 0.1) is 17.3 Å². The average Bonchev–Trinajstić information content (AvgIpc) is 3.46. The van der Waals surface area contributed by atoms with Crippen LogP contribution in [-0.2, 0) is 31.1 Å². The van der Waals surface area contributed by atoms with Crippen LogP contribution >= 0.6 is 11.6 Å². The van der Waals surface area contributed by atoms with Crippen molar-refractivity contribution in [2.75, 3.05) is 13.1 Å². The molecule has 9 rings (SSSR count). The Balaban J connectivity index is 1.13. The zero-order valence-corrected chi connectivity index (χ0v) is 30.6. The van der Waals surface area contributed by atoms with Gasteiger partial charge in [-0.3, -0.25) is 29.0 Å². The van der Waals surface area contributed by atoms with Crippen LogP contribution in [0, 0.1) is 23.7 Å². The summed E-state index contributed by atoms with van der Waals surface area (Å²) in [4.78, 5) is 63.4. The Hall–Kier alpha value is -5.11. The third-order valence-electron chi connectivity index (χ3n) is 12.9. The number of fused-ring (bicyclic) bond motifs is 4. The minimum Gasteiger partial charge on any atom is -0.508 e. The van der Waals surface area contributed by atoms with Crippen molar-refractivity contribution in [3.05, 3.63) is 154 Å². The van der Waals surface area contributed by atoms with Gasteiger partial charge in [-0.15, -0.1) is 0 Å². The molecule has 2 saturated heterocycles. The molecular weight excluding hydrogens is 696 g/mol. The van der Waals surface area contributed by atoms with Gasteiger partial charge in [0.2, 0.25) is 11.8 Å². The molecule has 2 heterocycles. The highest BCUT2D eigenvalue weighted by Crippen LogP contribution is 2.64. The molecule has 5 aliphatic rings. The standard InChI is InChI=1S/C46H41ClN2O5/c47-31-16-19-39(50)37(24-31)42-33-17-18-34-41(45(54)49(44(34)53)32-20-22-48(23-21-32)27-28-10-4-1-5-11-28)36(33)25-38-43(52)35(29-12-6-2-7-13-29)26-40(51)46(38,42)30-14-8-3-9-15-30/h1-17,19,24,26,32,34,36,38,41-42,50H,18,20-23,25,27H2/t34-,36+,38-,41-,42+,46-/m0/s1. The number of carbonyl (C=O) groups excluding carboxylic acids is 4. The number of Topliss-reactive ketones (excluding diaryl/α,β-unsaturated/α-hetero) is 1. The fourth-order valence-electron chi connectivity index (χ4n) is 10.5. The lowest BCUT2D eigenvalue weighted by molar-refractivity contribution is -0.144. The summed E-state index contributed by atoms with van der Waals surface area (Å²) in [5, 5.41) is 12.0. The molecule has 0 radical (unpaired) electrons. The molecule has 0 unspecified atom stereocenters. The molecule has 0 bridgehead atoms. The highest BCUT2D eigenvalue weighted by Gasteiger charge is 2.66. The van der Waals surface area contributed by atoms with Gasteiger partial charge >= 0.3 is 0 Å². The van der Waals surface area contributed by atoms with Crippen LogP contribution in [0.2, 0.25) is 5.02 Å². The van der Waals surface area contributed by atoms with E-state index < -0.39 is 35.0 Å². The molecule has 6 atom stereocenters. The van der Waals surface area contributed by atoms with Gasteiger partial charge in [0.1, 0.15) is 5.75 Å². The minimum absolute atomic E-state index is 0.0436. The maximum absolute atomic E-state index is 15.2. The highest BCUT2D eigenvalue weighted by molar-refractivity contribution is 6.32. The van der Waals surface area contributed by atoms with E-state index in [4.69, 9.17) is 11.6 Å². The van der Waals surface area contributed by atoms with Gasteiger partial charge in [0.15, 0.2) is 11.6 Å². The van der Waals surface area contributed by atoms with E-state index in [0.717, 1.165) is 25.2 Å². The third kappa shape index (κ3) is 5.43. The average molecular weight is 737 g/mol. The number of likely N-dealkylation sites (tertiary alicyclic amines) is 2. The fraction of sp³-hybridized carbons (Fsp3) is 0.304. The Morgan fingerprint density at radius 1 is 0.778 bits per heavy atom. The minimum atomic E-state index is -1.43. The van der Waals surface area contributed by atoms with Crippen molar-refractivity contribution in [2.24, 2.45) is 23.7 Å². The Bertz CT molecular complexity index is 2210. The number of hydrogen-bond donors (Lipinski definition) is 1. The van der Waals surface area contributed by atoms with Crippen LogP contribution in [0.3, 0.4) is 0 Å². The number of imide groups is 1. The van der Waals surface area contributed by atoms with Crippen molar-refractivity contribution < 1.29 is 24.3 Å². The van der Waals surface area contributed by atoms with Crippen molar-refractivity contribution in [1.82, 2.24) is 9.80 Å². The quantitative estimate of drug-likeness (QED) is 0.163. The SMILES string of the molecule is O=C1C(c2ccccc2)=CC(=O)[C@@]2(c3ccccc3)[C@@H](c3cc(Cl)ccc3O)C3=CC[C@@H]4C(=O)N(C5CCN(Cc6ccccc6)CC5)C(=O)[C@@H]4[C@@H]3C[C@@H]12. The first-order valence-electron chi connectivity index (χ1n) is 19.0. The van der Waals surface area contributed by atoms with Gasteiger partial charge in [0, 0.05) is 53.7 Å². The van der Waals surface area contributed by atoms with Gasteiger partial charge in [-0.25, -0.2) is 0 Å². The molecule has 0 aromatic heterocycles. The van der Waals surface area contributed by atoms with Crippen LogP contribution in [0.1, 0.15) is 53.9 Å². The molecule has 0 spiro atoms. The normalized spacial score (nSPS) is 28.6. The van der Waals surface area contributed by atoms with Crippen LogP contribution in [0.25, 0.3) is 5.57 Å². The topological polar surface area (TPSA) is 95.0 Å². The number of ketones is 2. The second kappa shape index (κ2) is 13.6. The summed E-state index contributed by atoms with van der Waals surface area (Å²) < 4.78 is 0. The Morgan fingerprint density at radius 3 is 2.15 bits per heavy atom. The number of phenols is 1. The molecule has 1 N–H and O–H groups in total. The molecule has 1 saturated carbocycles. The number of hydrogen-bond acceptors (Lipinski definition) is 6. The van der Waals surface area contributed by atoms with E-state index in [0.29, 0.717) is 46.5 Å². The molecule has 54 heavy (non-hydrogen) atoms. The van der Waals surface area contributed by atoms with Gasteiger partial charge < -0.3 is 5.11 Å². The van der Waals surface area contributed by atoms with E-state index >= 15 is 9.59 Å². The lowest BCUT2D eigenvalue weighted by atomic mass is 9.44. The van der Waals surface area contributed by atoms with E-state index in [2.05, 4.69) is 17.0 Å². The maximum Gasteiger partial charge on any atom is 0.233 e. The third-order valence-corrected chi connectivity index (χ3v) is 13.1. The molecule has 2 amide bonds. The van der Waals surface area contributed by atoms with Crippen molar-refractivity contribution >= 4 is 40.6 Å². The van der Waals surface area contributed by atoms with E-state index in [1.54, 1.807) is 17.0 Å². The molecular formula is C46H41ClN2O5. The molecule has 4 aromatic rings. The van der Waals surface area contributed by atoms with Crippen LogP contribution in [0.5, 0.6) is 5.75 Å². The predicted octanol–water partition coefficient (Wildman–Crippen LogP) is 7.53. The van der Waals surface area contributed by atoms with Gasteiger partial charge in [-0.05, 0) is 72.6 Å². The number of rotatable bonds is 6. The molecule has 4 aromatic carbocycles. The summed E-state index contributed by atoms with van der Waals surface area (Å²) >= 11 is 6.63. The van der Waals surface area contributed by atoms with E-state index in [-0.39, 0.29) is 41.6 Å². The first-order chi connectivity index (χ1) is 26.3. The maximum atomic E-state index is 15.2. The Kier molecular flexibility index (Phi) is 8.75. The summed E-state index contributed by atoms with van der Waals surface area (Å²) in [6, 6.07) is 33.5. The monoisotopic (exact) mass is 736 g/mol. The summed E-state index contributed by atoms with van der Waals surface area (Å²) in [6.07, 6.45) is 5.47.